The van der Waals surface area contributed by atoms with Crippen LogP contribution in [0.25, 0.3) is 0 Å². The molecule has 1 amide bonds. The molecule has 1 aliphatic rings. The van der Waals surface area contributed by atoms with Crippen LogP contribution in [-0.4, -0.2) is 17.7 Å². The van der Waals surface area contributed by atoms with E-state index in [1.54, 1.807) is 12.1 Å². The lowest BCUT2D eigenvalue weighted by molar-refractivity contribution is -0.138. The molecule has 1 unspecified atom stereocenters. The molecule has 1 heterocycles. The molecule has 0 fully saturated rings. The van der Waals surface area contributed by atoms with E-state index in [0.29, 0.717) is 11.4 Å². The second-order valence-corrected chi connectivity index (χ2v) is 5.31. The fourth-order valence-corrected chi connectivity index (χ4v) is 2.22. The van der Waals surface area contributed by atoms with Crippen molar-refractivity contribution in [3.8, 4) is 5.75 Å². The Balaban J connectivity index is 1.99. The van der Waals surface area contributed by atoms with Crippen molar-refractivity contribution < 1.29 is 19.1 Å². The van der Waals surface area contributed by atoms with E-state index in [9.17, 15) is 14.4 Å². The zero-order chi connectivity index (χ0) is 15.4. The minimum atomic E-state index is -0.651. The van der Waals surface area contributed by atoms with Gasteiger partial charge in [0.2, 0.25) is 0 Å². The Morgan fingerprint density at radius 3 is 2.76 bits per heavy atom. The first kappa shape index (κ1) is 15.2. The minimum absolute atomic E-state index is 0.180. The summed E-state index contributed by atoms with van der Waals surface area (Å²) in [6.07, 6.45) is 3.99. The molecule has 1 aliphatic heterocycles. The van der Waals surface area contributed by atoms with E-state index in [2.05, 4.69) is 12.2 Å². The van der Waals surface area contributed by atoms with Gasteiger partial charge in [0.05, 0.1) is 17.2 Å². The van der Waals surface area contributed by atoms with Gasteiger partial charge in [0.15, 0.2) is 0 Å². The number of rotatable bonds is 6. The quantitative estimate of drug-likeness (QED) is 0.378. The molecule has 1 N–H and O–H groups in total. The van der Waals surface area contributed by atoms with Gasteiger partial charge in [0.25, 0.3) is 11.7 Å². The third-order valence-electron chi connectivity index (χ3n) is 3.55. The Bertz CT molecular complexity index is 580. The van der Waals surface area contributed by atoms with Crippen LogP contribution >= 0.6 is 0 Å². The average Bonchev–Trinajstić information content (AvgIpc) is 2.74. The number of fused-ring (bicyclic) bond motifs is 1. The van der Waals surface area contributed by atoms with Crippen LogP contribution in [0.5, 0.6) is 5.75 Å². The molecule has 5 heteroatoms. The number of benzene rings is 1. The summed E-state index contributed by atoms with van der Waals surface area (Å²) in [5, 5.41) is 2.46. The van der Waals surface area contributed by atoms with E-state index >= 15 is 0 Å². The number of amides is 1. The molecule has 0 radical (unpaired) electrons. The maximum absolute atomic E-state index is 12.0. The maximum atomic E-state index is 12.0. The molecule has 0 saturated carbocycles. The fourth-order valence-electron chi connectivity index (χ4n) is 2.22. The topological polar surface area (TPSA) is 72.5 Å². The van der Waals surface area contributed by atoms with Crippen molar-refractivity contribution in [1.29, 1.82) is 0 Å². The zero-order valence-electron chi connectivity index (χ0n) is 12.3. The van der Waals surface area contributed by atoms with Gasteiger partial charge in [-0.1, -0.05) is 33.1 Å². The Hall–Kier alpha value is -2.17. The normalized spacial score (nSPS) is 14.6. The van der Waals surface area contributed by atoms with Crippen molar-refractivity contribution in [2.24, 2.45) is 5.92 Å². The van der Waals surface area contributed by atoms with Crippen molar-refractivity contribution >= 4 is 23.3 Å². The van der Waals surface area contributed by atoms with Crippen LogP contribution in [0.2, 0.25) is 0 Å². The zero-order valence-corrected chi connectivity index (χ0v) is 12.3. The summed E-state index contributed by atoms with van der Waals surface area (Å²) in [5.41, 5.74) is 0.713. The van der Waals surface area contributed by atoms with Gasteiger partial charge in [-0.2, -0.15) is 0 Å². The fraction of sp³-hybridized carbons (Fsp3) is 0.438. The highest BCUT2D eigenvalue weighted by molar-refractivity contribution is 6.51. The Kier molecular flexibility index (Phi) is 4.73. The predicted octanol–water partition coefficient (Wildman–Crippen LogP) is 2.94. The molecule has 1 atom stereocenters. The molecule has 0 aromatic heterocycles. The van der Waals surface area contributed by atoms with Gasteiger partial charge in [-0.15, -0.1) is 0 Å². The summed E-state index contributed by atoms with van der Waals surface area (Å²) < 4.78 is 5.29. The summed E-state index contributed by atoms with van der Waals surface area (Å²) in [6, 6.07) is 4.59. The van der Waals surface area contributed by atoms with Crippen LogP contribution in [0.15, 0.2) is 18.2 Å². The number of anilines is 1. The van der Waals surface area contributed by atoms with Crippen LogP contribution in [0, 0.1) is 5.92 Å². The van der Waals surface area contributed by atoms with Crippen LogP contribution in [0.1, 0.15) is 49.9 Å². The number of ketones is 1. The molecule has 2 rings (SSSR count). The first-order valence-corrected chi connectivity index (χ1v) is 7.24. The van der Waals surface area contributed by atoms with Crippen LogP contribution < -0.4 is 10.1 Å². The van der Waals surface area contributed by atoms with Crippen molar-refractivity contribution in [1.82, 2.24) is 0 Å². The number of esters is 1. The lowest BCUT2D eigenvalue weighted by Gasteiger charge is -2.11. The molecule has 5 nitrogen and oxygen atoms in total. The standard InChI is InChI=1S/C16H19NO4/c1-3-4-5-6-10(2)16(20)21-11-7-8-13-12(9-11)14(18)15(19)17-13/h7-10H,3-6H2,1-2H3,(H,17,18,19). The number of hydrogen-bond acceptors (Lipinski definition) is 4. The highest BCUT2D eigenvalue weighted by atomic mass is 16.5. The number of carbonyl (C=O) groups is 3. The van der Waals surface area contributed by atoms with Crippen LogP contribution in [0.3, 0.4) is 0 Å². The summed E-state index contributed by atoms with van der Waals surface area (Å²) >= 11 is 0. The van der Waals surface area contributed by atoms with Crippen LogP contribution in [0.4, 0.5) is 5.69 Å². The summed E-state index contributed by atoms with van der Waals surface area (Å²) in [4.78, 5) is 34.8. The summed E-state index contributed by atoms with van der Waals surface area (Å²) in [6.45, 7) is 3.95. The molecule has 0 aliphatic carbocycles. The van der Waals surface area contributed by atoms with Crippen LogP contribution in [-0.2, 0) is 9.59 Å². The van der Waals surface area contributed by atoms with E-state index in [4.69, 9.17) is 4.74 Å². The monoisotopic (exact) mass is 289 g/mol. The van der Waals surface area contributed by atoms with Crippen molar-refractivity contribution in [2.75, 3.05) is 5.32 Å². The first-order valence-electron chi connectivity index (χ1n) is 7.24. The highest BCUT2D eigenvalue weighted by Gasteiger charge is 2.28. The SMILES string of the molecule is CCCCCC(C)C(=O)Oc1ccc2c(c1)C(=O)C(=O)N2. The Morgan fingerprint density at radius 1 is 1.29 bits per heavy atom. The van der Waals surface area contributed by atoms with Crippen molar-refractivity contribution in [2.45, 2.75) is 39.5 Å². The minimum Gasteiger partial charge on any atom is -0.426 e. The third kappa shape index (κ3) is 3.48. The second-order valence-electron chi connectivity index (χ2n) is 5.31. The Morgan fingerprint density at radius 2 is 2.05 bits per heavy atom. The molecule has 1 aromatic carbocycles. The van der Waals surface area contributed by atoms with Gasteiger partial charge in [-0.25, -0.2) is 0 Å². The van der Waals surface area contributed by atoms with Gasteiger partial charge in [0, 0.05) is 0 Å². The van der Waals surface area contributed by atoms with E-state index in [-0.39, 0.29) is 17.5 Å². The molecular weight excluding hydrogens is 270 g/mol. The average molecular weight is 289 g/mol. The van der Waals surface area contributed by atoms with Gasteiger partial charge in [-0.3, -0.25) is 14.4 Å². The van der Waals surface area contributed by atoms with E-state index in [1.165, 1.54) is 6.07 Å². The lowest BCUT2D eigenvalue weighted by Crippen LogP contribution is -2.18. The van der Waals surface area contributed by atoms with Gasteiger partial charge in [0.1, 0.15) is 5.75 Å². The molecule has 1 aromatic rings. The van der Waals surface area contributed by atoms with E-state index in [1.807, 2.05) is 6.92 Å². The molecule has 0 saturated heterocycles. The number of carbonyl (C=O) groups excluding carboxylic acids is 3. The summed E-state index contributed by atoms with van der Waals surface area (Å²) in [5.74, 6) is -1.44. The lowest BCUT2D eigenvalue weighted by atomic mass is 10.0. The van der Waals surface area contributed by atoms with Gasteiger partial charge >= 0.3 is 5.97 Å². The third-order valence-corrected chi connectivity index (χ3v) is 3.55. The van der Waals surface area contributed by atoms with Gasteiger partial charge < -0.3 is 10.1 Å². The Labute approximate surface area is 123 Å². The highest BCUT2D eigenvalue weighted by Crippen LogP contribution is 2.27. The number of unbranched alkanes of at least 4 members (excludes halogenated alkanes) is 2. The molecule has 112 valence electrons. The van der Waals surface area contributed by atoms with Crippen molar-refractivity contribution in [3.63, 3.8) is 0 Å². The summed E-state index contributed by atoms with van der Waals surface area (Å²) in [7, 11) is 0. The molecule has 0 spiro atoms. The maximum Gasteiger partial charge on any atom is 0.314 e. The molecule has 21 heavy (non-hydrogen) atoms. The molecular formula is C16H19NO4. The molecule has 0 bridgehead atoms. The van der Waals surface area contributed by atoms with E-state index < -0.39 is 11.7 Å². The van der Waals surface area contributed by atoms with Crippen molar-refractivity contribution in [3.05, 3.63) is 23.8 Å². The predicted molar refractivity (Wildman–Crippen MR) is 78.3 cm³/mol. The van der Waals surface area contributed by atoms with E-state index in [0.717, 1.165) is 25.7 Å². The smallest absolute Gasteiger partial charge is 0.314 e. The number of ether oxygens (including phenoxy) is 1. The largest absolute Gasteiger partial charge is 0.426 e. The number of nitrogens with one attached hydrogen (secondary N) is 1. The second kappa shape index (κ2) is 6.52. The number of Topliss-reactive ketones (excluding diaryl/α,β-unsaturated/α-hetero) is 1. The number of hydrogen-bond donors (Lipinski definition) is 1. The first-order chi connectivity index (χ1) is 10.0. The van der Waals surface area contributed by atoms with Gasteiger partial charge in [-0.05, 0) is 24.6 Å².